The lowest BCUT2D eigenvalue weighted by Gasteiger charge is -2.15. The molecule has 4 nitrogen and oxygen atoms in total. The van der Waals surface area contributed by atoms with Crippen LogP contribution in [0.2, 0.25) is 0 Å². The van der Waals surface area contributed by atoms with E-state index in [9.17, 15) is 22.0 Å². The first kappa shape index (κ1) is 10.8. The number of alkyl halides is 5. The molecule has 0 aliphatic carbocycles. The van der Waals surface area contributed by atoms with Crippen molar-refractivity contribution in [1.29, 1.82) is 0 Å². The van der Waals surface area contributed by atoms with Crippen LogP contribution in [-0.4, -0.2) is 26.0 Å². The highest BCUT2D eigenvalue weighted by Crippen LogP contribution is 2.41. The Bertz CT molecular complexity index is 319. The van der Waals surface area contributed by atoms with Crippen molar-refractivity contribution in [3.8, 4) is 0 Å². The van der Waals surface area contributed by atoms with Gasteiger partial charge in [-0.1, -0.05) is 0 Å². The van der Waals surface area contributed by atoms with Crippen LogP contribution in [0, 0.1) is 0 Å². The van der Waals surface area contributed by atoms with E-state index in [0.29, 0.717) is 11.0 Å². The summed E-state index contributed by atoms with van der Waals surface area (Å²) >= 11 is 0. The highest BCUT2D eigenvalue weighted by molar-refractivity contribution is 4.97. The van der Waals surface area contributed by atoms with Gasteiger partial charge >= 0.3 is 12.1 Å². The van der Waals surface area contributed by atoms with Crippen molar-refractivity contribution in [2.45, 2.75) is 18.8 Å². The van der Waals surface area contributed by atoms with Gasteiger partial charge in [0.05, 0.1) is 0 Å². The summed E-state index contributed by atoms with van der Waals surface area (Å²) in [5.74, 6) is -6.79. The van der Waals surface area contributed by atoms with E-state index in [1.165, 1.54) is 0 Å². The Labute approximate surface area is 74.0 Å². The molecule has 0 fully saturated rings. The van der Waals surface area contributed by atoms with Crippen LogP contribution >= 0.6 is 0 Å². The second-order valence-electron chi connectivity index (χ2n) is 2.32. The van der Waals surface area contributed by atoms with Crippen LogP contribution in [0.25, 0.3) is 0 Å². The van der Waals surface area contributed by atoms with Gasteiger partial charge in [-0.05, 0) is 0 Å². The molecule has 0 atom stereocenters. The fourth-order valence-corrected chi connectivity index (χ4v) is 0.633. The van der Waals surface area contributed by atoms with Crippen molar-refractivity contribution in [1.82, 2.24) is 14.8 Å². The number of aromatic nitrogens is 3. The molecule has 0 aliphatic rings. The van der Waals surface area contributed by atoms with Gasteiger partial charge in [-0.15, -0.1) is 5.10 Å². The van der Waals surface area contributed by atoms with Crippen molar-refractivity contribution < 1.29 is 27.1 Å². The van der Waals surface area contributed by atoms with Crippen LogP contribution in [0.4, 0.5) is 22.0 Å². The first-order chi connectivity index (χ1) is 6.29. The standard InChI is InChI=1S/C5H4F5N3O/c6-4(7,5(8,9)10)3-11-1-13(2-14)12-3/h1,14H,2H2. The zero-order valence-corrected chi connectivity index (χ0v) is 6.46. The Hall–Kier alpha value is -1.25. The summed E-state index contributed by atoms with van der Waals surface area (Å²) < 4.78 is 60.6. The molecule has 0 bridgehead atoms. The van der Waals surface area contributed by atoms with Crippen molar-refractivity contribution in [3.63, 3.8) is 0 Å². The minimum absolute atomic E-state index is 0.453. The normalized spacial score (nSPS) is 13.3. The fourth-order valence-electron chi connectivity index (χ4n) is 0.633. The Morgan fingerprint density at radius 2 is 1.86 bits per heavy atom. The molecule has 0 saturated carbocycles. The SMILES string of the molecule is OCn1cnc(C(F)(F)C(F)(F)F)n1. The topological polar surface area (TPSA) is 50.9 Å². The first-order valence-corrected chi connectivity index (χ1v) is 3.24. The van der Waals surface area contributed by atoms with E-state index in [1.54, 1.807) is 0 Å². The van der Waals surface area contributed by atoms with E-state index in [1.807, 2.05) is 0 Å². The molecule has 0 amide bonds. The Morgan fingerprint density at radius 1 is 1.29 bits per heavy atom. The third-order valence-electron chi connectivity index (χ3n) is 1.32. The smallest absolute Gasteiger partial charge is 0.374 e. The van der Waals surface area contributed by atoms with Gasteiger partial charge in [-0.3, -0.25) is 0 Å². The molecule has 0 aromatic carbocycles. The number of nitrogens with zero attached hydrogens (tertiary/aromatic N) is 3. The molecule has 1 aromatic heterocycles. The molecule has 0 unspecified atom stereocenters. The number of hydrogen-bond donors (Lipinski definition) is 1. The van der Waals surface area contributed by atoms with Crippen LogP contribution in [0.1, 0.15) is 5.82 Å². The lowest BCUT2D eigenvalue weighted by atomic mass is 10.3. The average molecular weight is 217 g/mol. The van der Waals surface area contributed by atoms with Gasteiger partial charge in [-0.25, -0.2) is 9.67 Å². The molecule has 0 saturated heterocycles. The Kier molecular flexibility index (Phi) is 2.44. The monoisotopic (exact) mass is 217 g/mol. The highest BCUT2D eigenvalue weighted by Gasteiger charge is 2.61. The number of halogens is 5. The van der Waals surface area contributed by atoms with Crippen molar-refractivity contribution in [3.05, 3.63) is 12.2 Å². The van der Waals surface area contributed by atoms with Crippen LogP contribution in [0.15, 0.2) is 6.33 Å². The summed E-state index contributed by atoms with van der Waals surface area (Å²) in [5, 5.41) is 11.1. The van der Waals surface area contributed by atoms with Crippen molar-refractivity contribution in [2.24, 2.45) is 0 Å². The number of aliphatic hydroxyl groups excluding tert-OH is 1. The second-order valence-corrected chi connectivity index (χ2v) is 2.32. The van der Waals surface area contributed by atoms with Crippen LogP contribution in [-0.2, 0) is 12.7 Å². The summed E-state index contributed by atoms with van der Waals surface area (Å²) in [7, 11) is 0. The van der Waals surface area contributed by atoms with Crippen molar-refractivity contribution in [2.75, 3.05) is 0 Å². The van der Waals surface area contributed by atoms with E-state index < -0.39 is 24.7 Å². The van der Waals surface area contributed by atoms with E-state index in [0.717, 1.165) is 0 Å². The van der Waals surface area contributed by atoms with E-state index in [2.05, 4.69) is 10.1 Å². The number of hydrogen-bond acceptors (Lipinski definition) is 3. The first-order valence-electron chi connectivity index (χ1n) is 3.24. The van der Waals surface area contributed by atoms with Crippen LogP contribution in [0.5, 0.6) is 0 Å². The lowest BCUT2D eigenvalue weighted by molar-refractivity contribution is -0.292. The third-order valence-corrected chi connectivity index (χ3v) is 1.32. The summed E-state index contributed by atoms with van der Waals surface area (Å²) in [6, 6.07) is 0. The van der Waals surface area contributed by atoms with Gasteiger partial charge in [0.25, 0.3) is 0 Å². The number of rotatable bonds is 2. The predicted molar refractivity (Wildman–Crippen MR) is 32.2 cm³/mol. The van der Waals surface area contributed by atoms with Gasteiger partial charge in [0.2, 0.25) is 5.82 Å². The van der Waals surface area contributed by atoms with Gasteiger partial charge in [0, 0.05) is 0 Å². The summed E-state index contributed by atoms with van der Waals surface area (Å²) in [6.45, 7) is -0.819. The maximum atomic E-state index is 12.5. The molecule has 0 radical (unpaired) electrons. The van der Waals surface area contributed by atoms with E-state index >= 15 is 0 Å². The third kappa shape index (κ3) is 1.67. The lowest BCUT2D eigenvalue weighted by Crippen LogP contribution is -2.34. The molecule has 1 aromatic rings. The van der Waals surface area contributed by atoms with Gasteiger partial charge in [0.15, 0.2) is 0 Å². The molecule has 0 aliphatic heterocycles. The number of aliphatic hydroxyl groups is 1. The maximum absolute atomic E-state index is 12.5. The maximum Gasteiger partial charge on any atom is 0.461 e. The molecular weight excluding hydrogens is 213 g/mol. The van der Waals surface area contributed by atoms with E-state index in [4.69, 9.17) is 5.11 Å². The van der Waals surface area contributed by atoms with Gasteiger partial charge in [-0.2, -0.15) is 22.0 Å². The minimum atomic E-state index is -5.74. The Balaban J connectivity index is 3.04. The summed E-state index contributed by atoms with van der Waals surface area (Å²) in [5.41, 5.74) is 0. The highest BCUT2D eigenvalue weighted by atomic mass is 19.4. The molecular formula is C5H4F5N3O. The molecule has 1 rings (SSSR count). The van der Waals surface area contributed by atoms with Gasteiger partial charge in [0.1, 0.15) is 13.1 Å². The van der Waals surface area contributed by atoms with Crippen LogP contribution in [0.3, 0.4) is 0 Å². The summed E-state index contributed by atoms with van der Waals surface area (Å²) in [4.78, 5) is 2.75. The van der Waals surface area contributed by atoms with Gasteiger partial charge < -0.3 is 5.11 Å². The predicted octanol–water partition coefficient (Wildman–Crippen LogP) is 0.882. The van der Waals surface area contributed by atoms with E-state index in [-0.39, 0.29) is 0 Å². The van der Waals surface area contributed by atoms with Crippen LogP contribution < -0.4 is 0 Å². The Morgan fingerprint density at radius 3 is 2.21 bits per heavy atom. The van der Waals surface area contributed by atoms with Crippen molar-refractivity contribution >= 4 is 0 Å². The average Bonchev–Trinajstić information content (AvgIpc) is 2.49. The molecule has 1 N–H and O–H groups in total. The molecule has 0 spiro atoms. The molecule has 80 valence electrons. The molecule has 9 heteroatoms. The molecule has 1 heterocycles. The largest absolute Gasteiger partial charge is 0.461 e. The summed E-state index contributed by atoms with van der Waals surface area (Å²) in [6.07, 6.45) is -5.16. The minimum Gasteiger partial charge on any atom is -0.374 e. The zero-order valence-electron chi connectivity index (χ0n) is 6.46. The quantitative estimate of drug-likeness (QED) is 0.748. The fraction of sp³-hybridized carbons (Fsp3) is 0.600. The second kappa shape index (κ2) is 3.15. The zero-order chi connectivity index (χ0) is 11.0. The molecule has 14 heavy (non-hydrogen) atoms.